The number of anilines is 2. The molecule has 29 heavy (non-hydrogen) atoms. The maximum Gasteiger partial charge on any atom is 0.243 e. The normalized spacial score (nSPS) is 10.4. The summed E-state index contributed by atoms with van der Waals surface area (Å²) in [5, 5.41) is 5.98. The zero-order valence-electron chi connectivity index (χ0n) is 17.4. The van der Waals surface area contributed by atoms with Crippen LogP contribution < -0.4 is 20.1 Å². The molecule has 0 aliphatic carbocycles. The molecule has 0 bridgehead atoms. The van der Waals surface area contributed by atoms with Gasteiger partial charge in [0.1, 0.15) is 18.1 Å². The summed E-state index contributed by atoms with van der Waals surface area (Å²) in [5.41, 5.74) is 1.56. The molecule has 0 saturated carbocycles. The van der Waals surface area contributed by atoms with Gasteiger partial charge in [-0.1, -0.05) is 32.3 Å². The molecule has 6 nitrogen and oxygen atoms in total. The summed E-state index contributed by atoms with van der Waals surface area (Å²) in [6.45, 7) is 4.09. The molecule has 0 aromatic heterocycles. The number of unbranched alkanes of at least 4 members (excludes halogenated alkanes) is 3. The number of nitrogens with one attached hydrogen (secondary N) is 2. The molecule has 2 aromatic rings. The quantitative estimate of drug-likeness (QED) is 0.449. The third-order valence-corrected chi connectivity index (χ3v) is 4.25. The topological polar surface area (TPSA) is 68.8 Å². The van der Waals surface area contributed by atoms with Crippen LogP contribution in [0.25, 0.3) is 0 Å². The largest absolute Gasteiger partial charge is 0.494 e. The van der Waals surface area contributed by atoms with Gasteiger partial charge in [0.05, 0.1) is 19.8 Å². The standard InChI is InChI=1S/C23H32N2O4/c1-3-4-5-6-14-28-21-12-10-19(11-13-21)24-18-23(26)25-20-8-7-9-22(17-20)29-16-15-27-2/h7-13,17,24H,3-6,14-16,18H2,1-2H3,(H,25,26). The summed E-state index contributed by atoms with van der Waals surface area (Å²) >= 11 is 0. The number of methoxy groups -OCH3 is 1. The van der Waals surface area contributed by atoms with Crippen LogP contribution in [0, 0.1) is 0 Å². The smallest absolute Gasteiger partial charge is 0.243 e. The van der Waals surface area contributed by atoms with Crippen LogP contribution >= 0.6 is 0 Å². The van der Waals surface area contributed by atoms with E-state index in [4.69, 9.17) is 14.2 Å². The van der Waals surface area contributed by atoms with E-state index in [1.807, 2.05) is 42.5 Å². The van der Waals surface area contributed by atoms with E-state index < -0.39 is 0 Å². The molecule has 0 spiro atoms. The fourth-order valence-corrected chi connectivity index (χ4v) is 2.68. The predicted octanol–water partition coefficient (Wildman–Crippen LogP) is 4.72. The third kappa shape index (κ3) is 9.34. The van der Waals surface area contributed by atoms with E-state index in [-0.39, 0.29) is 12.5 Å². The first-order chi connectivity index (χ1) is 14.2. The SMILES string of the molecule is CCCCCCOc1ccc(NCC(=O)Nc2cccc(OCCOC)c2)cc1. The number of benzene rings is 2. The van der Waals surface area contributed by atoms with Crippen molar-refractivity contribution >= 4 is 17.3 Å². The van der Waals surface area contributed by atoms with Crippen molar-refractivity contribution in [1.82, 2.24) is 0 Å². The molecule has 0 heterocycles. The molecule has 1 amide bonds. The predicted molar refractivity (Wildman–Crippen MR) is 117 cm³/mol. The van der Waals surface area contributed by atoms with Gasteiger partial charge in [0.25, 0.3) is 0 Å². The van der Waals surface area contributed by atoms with Crippen molar-refractivity contribution < 1.29 is 19.0 Å². The van der Waals surface area contributed by atoms with Gasteiger partial charge < -0.3 is 24.8 Å². The Balaban J connectivity index is 1.71. The molecule has 2 N–H and O–H groups in total. The highest BCUT2D eigenvalue weighted by Gasteiger charge is 2.04. The Morgan fingerprint density at radius 3 is 2.41 bits per heavy atom. The van der Waals surface area contributed by atoms with Crippen LogP contribution in [0.15, 0.2) is 48.5 Å². The van der Waals surface area contributed by atoms with Crippen LogP contribution in [0.4, 0.5) is 11.4 Å². The van der Waals surface area contributed by atoms with Gasteiger partial charge in [0.15, 0.2) is 0 Å². The van der Waals surface area contributed by atoms with Crippen molar-refractivity contribution in [2.75, 3.05) is 44.1 Å². The Morgan fingerprint density at radius 1 is 0.862 bits per heavy atom. The molecule has 0 saturated heterocycles. The van der Waals surface area contributed by atoms with Crippen molar-refractivity contribution in [2.24, 2.45) is 0 Å². The minimum atomic E-state index is -0.129. The summed E-state index contributed by atoms with van der Waals surface area (Å²) in [7, 11) is 1.63. The van der Waals surface area contributed by atoms with Crippen molar-refractivity contribution in [1.29, 1.82) is 0 Å². The maximum absolute atomic E-state index is 12.2. The lowest BCUT2D eigenvalue weighted by molar-refractivity contribution is -0.114. The van der Waals surface area contributed by atoms with Gasteiger partial charge in [-0.15, -0.1) is 0 Å². The van der Waals surface area contributed by atoms with Crippen LogP contribution in [0.2, 0.25) is 0 Å². The molecule has 0 aliphatic rings. The first-order valence-corrected chi connectivity index (χ1v) is 10.2. The molecule has 2 aromatic carbocycles. The van der Waals surface area contributed by atoms with Crippen molar-refractivity contribution in [3.05, 3.63) is 48.5 Å². The first-order valence-electron chi connectivity index (χ1n) is 10.2. The van der Waals surface area contributed by atoms with Crippen LogP contribution in [0.3, 0.4) is 0 Å². The van der Waals surface area contributed by atoms with E-state index in [2.05, 4.69) is 17.6 Å². The minimum absolute atomic E-state index is 0.129. The van der Waals surface area contributed by atoms with Crippen LogP contribution in [-0.4, -0.2) is 39.4 Å². The zero-order chi connectivity index (χ0) is 20.7. The van der Waals surface area contributed by atoms with E-state index in [1.54, 1.807) is 13.2 Å². The lowest BCUT2D eigenvalue weighted by atomic mass is 10.2. The first kappa shape index (κ1) is 22.6. The van der Waals surface area contributed by atoms with Gasteiger partial charge >= 0.3 is 0 Å². The van der Waals surface area contributed by atoms with E-state index in [0.717, 1.165) is 24.5 Å². The summed E-state index contributed by atoms with van der Waals surface area (Å²) < 4.78 is 16.2. The lowest BCUT2D eigenvalue weighted by Crippen LogP contribution is -2.21. The highest BCUT2D eigenvalue weighted by molar-refractivity contribution is 5.93. The Labute approximate surface area is 173 Å². The second-order valence-corrected chi connectivity index (χ2v) is 6.70. The number of hydrogen-bond donors (Lipinski definition) is 2. The Hall–Kier alpha value is -2.73. The van der Waals surface area contributed by atoms with Gasteiger partial charge in [-0.3, -0.25) is 4.79 Å². The highest BCUT2D eigenvalue weighted by Crippen LogP contribution is 2.18. The second-order valence-electron chi connectivity index (χ2n) is 6.70. The number of carbonyl (C=O) groups is 1. The van der Waals surface area contributed by atoms with Gasteiger partial charge in [-0.25, -0.2) is 0 Å². The van der Waals surface area contributed by atoms with Crippen molar-refractivity contribution in [2.45, 2.75) is 32.6 Å². The fraction of sp³-hybridized carbons (Fsp3) is 0.435. The van der Waals surface area contributed by atoms with Gasteiger partial charge in [0, 0.05) is 24.6 Å². The number of ether oxygens (including phenoxy) is 3. The number of amides is 1. The minimum Gasteiger partial charge on any atom is -0.494 e. The van der Waals surface area contributed by atoms with Gasteiger partial charge in [-0.2, -0.15) is 0 Å². The molecule has 0 radical (unpaired) electrons. The third-order valence-electron chi connectivity index (χ3n) is 4.25. The number of carbonyl (C=O) groups excluding carboxylic acids is 1. The van der Waals surface area contributed by atoms with E-state index in [9.17, 15) is 4.79 Å². The van der Waals surface area contributed by atoms with Crippen LogP contribution in [0.1, 0.15) is 32.6 Å². The maximum atomic E-state index is 12.2. The van der Waals surface area contributed by atoms with Crippen molar-refractivity contribution in [3.8, 4) is 11.5 Å². The summed E-state index contributed by atoms with van der Waals surface area (Å²) in [5.74, 6) is 1.41. The molecule has 0 atom stereocenters. The lowest BCUT2D eigenvalue weighted by Gasteiger charge is -2.11. The van der Waals surface area contributed by atoms with Crippen molar-refractivity contribution in [3.63, 3.8) is 0 Å². The Morgan fingerprint density at radius 2 is 1.66 bits per heavy atom. The molecule has 0 aliphatic heterocycles. The Bertz CT molecular complexity index is 719. The highest BCUT2D eigenvalue weighted by atomic mass is 16.5. The van der Waals surface area contributed by atoms with E-state index in [1.165, 1.54) is 19.3 Å². The zero-order valence-corrected chi connectivity index (χ0v) is 17.4. The average Bonchev–Trinajstić information content (AvgIpc) is 2.73. The second kappa shape index (κ2) is 13.4. The molecule has 2 rings (SSSR count). The molecule has 6 heteroatoms. The number of hydrogen-bond acceptors (Lipinski definition) is 5. The molecular formula is C23H32N2O4. The van der Waals surface area contributed by atoms with Crippen LogP contribution in [-0.2, 0) is 9.53 Å². The van der Waals surface area contributed by atoms with Gasteiger partial charge in [0.2, 0.25) is 5.91 Å². The molecular weight excluding hydrogens is 368 g/mol. The summed E-state index contributed by atoms with van der Waals surface area (Å²) in [6, 6.07) is 15.0. The summed E-state index contributed by atoms with van der Waals surface area (Å²) in [6.07, 6.45) is 4.75. The summed E-state index contributed by atoms with van der Waals surface area (Å²) in [4.78, 5) is 12.2. The monoisotopic (exact) mass is 400 g/mol. The number of rotatable bonds is 14. The van der Waals surface area contributed by atoms with Gasteiger partial charge in [-0.05, 0) is 42.8 Å². The van der Waals surface area contributed by atoms with E-state index in [0.29, 0.717) is 24.7 Å². The van der Waals surface area contributed by atoms with E-state index >= 15 is 0 Å². The molecule has 0 fully saturated rings. The van der Waals surface area contributed by atoms with Crippen LogP contribution in [0.5, 0.6) is 11.5 Å². The fourth-order valence-electron chi connectivity index (χ4n) is 2.68. The molecule has 0 unspecified atom stereocenters. The Kier molecular flexibility index (Phi) is 10.5. The average molecular weight is 401 g/mol. The molecule has 158 valence electrons.